The first-order valence-corrected chi connectivity index (χ1v) is 9.70. The van der Waals surface area contributed by atoms with E-state index in [-0.39, 0.29) is 11.5 Å². The smallest absolute Gasteiger partial charge is 0.289 e. The molecule has 8 heteroatoms. The summed E-state index contributed by atoms with van der Waals surface area (Å²) in [6.45, 7) is 6.98. The van der Waals surface area contributed by atoms with Crippen molar-refractivity contribution in [3.63, 3.8) is 0 Å². The molecule has 1 amide bonds. The van der Waals surface area contributed by atoms with Gasteiger partial charge in [-0.05, 0) is 31.5 Å². The maximum Gasteiger partial charge on any atom is 0.289 e. The number of aromatic amines is 1. The lowest BCUT2D eigenvalue weighted by atomic mass is 9.89. The summed E-state index contributed by atoms with van der Waals surface area (Å²) in [7, 11) is 0. The zero-order valence-electron chi connectivity index (χ0n) is 15.9. The molecule has 0 aromatic carbocycles. The summed E-state index contributed by atoms with van der Waals surface area (Å²) >= 11 is 5.46. The largest absolute Gasteiger partial charge is 0.459 e. The lowest BCUT2D eigenvalue weighted by molar-refractivity contribution is -0.0401. The first kappa shape index (κ1) is 18.7. The predicted molar refractivity (Wildman–Crippen MR) is 106 cm³/mol. The number of anilines is 1. The second-order valence-electron chi connectivity index (χ2n) is 7.73. The Bertz CT molecular complexity index is 996. The quantitative estimate of drug-likeness (QED) is 0.783. The van der Waals surface area contributed by atoms with Crippen molar-refractivity contribution < 1.29 is 13.9 Å². The van der Waals surface area contributed by atoms with Crippen LogP contribution in [-0.2, 0) is 17.8 Å². The van der Waals surface area contributed by atoms with Crippen molar-refractivity contribution in [1.29, 1.82) is 5.26 Å². The molecule has 1 N–H and O–H groups in total. The van der Waals surface area contributed by atoms with E-state index < -0.39 is 0 Å². The van der Waals surface area contributed by atoms with E-state index in [1.165, 1.54) is 6.26 Å². The minimum absolute atomic E-state index is 0.0930. The summed E-state index contributed by atoms with van der Waals surface area (Å²) in [5.41, 5.74) is 2.19. The van der Waals surface area contributed by atoms with Crippen LogP contribution in [0.3, 0.4) is 0 Å². The summed E-state index contributed by atoms with van der Waals surface area (Å²) in [6.07, 6.45) is 2.15. The van der Waals surface area contributed by atoms with Gasteiger partial charge in [-0.25, -0.2) is 0 Å². The number of amides is 1. The molecule has 0 unspecified atom stereocenters. The minimum atomic E-state index is -0.326. The SMILES string of the molecule is CC1(C)Cc2c(c(N3CCN(C(=O)c4ccco4)CC3)[nH]c(=S)c2C#N)CO1. The maximum atomic E-state index is 12.5. The van der Waals surface area contributed by atoms with Crippen LogP contribution in [0.4, 0.5) is 5.82 Å². The fraction of sp³-hybridized carbons (Fsp3) is 0.450. The molecule has 0 spiro atoms. The van der Waals surface area contributed by atoms with Gasteiger partial charge >= 0.3 is 0 Å². The van der Waals surface area contributed by atoms with Crippen molar-refractivity contribution in [1.82, 2.24) is 9.88 Å². The summed E-state index contributed by atoms with van der Waals surface area (Å²) in [6, 6.07) is 5.66. The van der Waals surface area contributed by atoms with Gasteiger partial charge in [0.25, 0.3) is 5.91 Å². The van der Waals surface area contributed by atoms with Crippen molar-refractivity contribution >= 4 is 23.9 Å². The molecule has 1 saturated heterocycles. The van der Waals surface area contributed by atoms with Gasteiger partial charge in [0, 0.05) is 38.2 Å². The van der Waals surface area contributed by atoms with Gasteiger partial charge in [0.05, 0.1) is 24.0 Å². The molecule has 7 nitrogen and oxygen atoms in total. The molecule has 146 valence electrons. The van der Waals surface area contributed by atoms with Crippen LogP contribution in [0, 0.1) is 16.0 Å². The highest BCUT2D eigenvalue weighted by molar-refractivity contribution is 7.71. The number of carbonyl (C=O) groups is 1. The van der Waals surface area contributed by atoms with E-state index in [0.717, 1.165) is 16.9 Å². The Morgan fingerprint density at radius 3 is 2.68 bits per heavy atom. The number of H-pyrrole nitrogens is 1. The Morgan fingerprint density at radius 1 is 1.29 bits per heavy atom. The first-order chi connectivity index (χ1) is 13.4. The summed E-state index contributed by atoms with van der Waals surface area (Å²) in [5, 5.41) is 9.59. The second kappa shape index (κ2) is 7.08. The number of rotatable bonds is 2. The molecule has 0 aliphatic carbocycles. The zero-order chi connectivity index (χ0) is 19.9. The van der Waals surface area contributed by atoms with Crippen LogP contribution in [-0.4, -0.2) is 47.6 Å². The van der Waals surface area contributed by atoms with Gasteiger partial charge in [-0.1, -0.05) is 12.2 Å². The fourth-order valence-corrected chi connectivity index (χ4v) is 4.11. The highest BCUT2D eigenvalue weighted by Crippen LogP contribution is 2.35. The van der Waals surface area contributed by atoms with Gasteiger partial charge in [-0.3, -0.25) is 4.79 Å². The number of carbonyl (C=O) groups excluding carboxylic acids is 1. The number of nitriles is 1. The van der Waals surface area contributed by atoms with E-state index in [2.05, 4.69) is 16.0 Å². The van der Waals surface area contributed by atoms with Gasteiger partial charge in [-0.15, -0.1) is 0 Å². The molecule has 0 radical (unpaired) electrons. The Morgan fingerprint density at radius 2 is 2.04 bits per heavy atom. The third-order valence-corrected chi connectivity index (χ3v) is 5.65. The van der Waals surface area contributed by atoms with E-state index >= 15 is 0 Å². The van der Waals surface area contributed by atoms with Gasteiger partial charge in [-0.2, -0.15) is 5.26 Å². The van der Waals surface area contributed by atoms with Crippen molar-refractivity contribution in [3.8, 4) is 6.07 Å². The molecule has 1 fully saturated rings. The minimum Gasteiger partial charge on any atom is -0.459 e. The highest BCUT2D eigenvalue weighted by atomic mass is 32.1. The normalized spacial score (nSPS) is 18.5. The van der Waals surface area contributed by atoms with Crippen molar-refractivity contribution in [2.24, 2.45) is 0 Å². The zero-order valence-corrected chi connectivity index (χ0v) is 16.8. The van der Waals surface area contributed by atoms with Crippen LogP contribution in [0.25, 0.3) is 0 Å². The molecule has 0 atom stereocenters. The van der Waals surface area contributed by atoms with Crippen LogP contribution in [0.15, 0.2) is 22.8 Å². The van der Waals surface area contributed by atoms with Gasteiger partial charge in [0.1, 0.15) is 16.5 Å². The Labute approximate surface area is 168 Å². The fourth-order valence-electron chi connectivity index (χ4n) is 3.85. The highest BCUT2D eigenvalue weighted by Gasteiger charge is 2.33. The molecule has 2 aromatic rings. The molecule has 2 aliphatic rings. The van der Waals surface area contributed by atoms with E-state index in [4.69, 9.17) is 21.4 Å². The number of fused-ring (bicyclic) bond motifs is 1. The van der Waals surface area contributed by atoms with Crippen molar-refractivity contribution in [2.45, 2.75) is 32.5 Å². The number of pyridine rings is 1. The average molecular weight is 398 g/mol. The topological polar surface area (TPSA) is 85.5 Å². The molecule has 4 rings (SSSR count). The lowest BCUT2D eigenvalue weighted by Crippen LogP contribution is -2.49. The number of piperazine rings is 1. The molecule has 0 saturated carbocycles. The number of hydrogen-bond donors (Lipinski definition) is 1. The number of nitrogens with one attached hydrogen (secondary N) is 1. The van der Waals surface area contributed by atoms with Crippen LogP contribution < -0.4 is 4.90 Å². The van der Waals surface area contributed by atoms with E-state index in [0.29, 0.717) is 55.2 Å². The third kappa shape index (κ3) is 3.32. The van der Waals surface area contributed by atoms with Gasteiger partial charge < -0.3 is 23.9 Å². The average Bonchev–Trinajstić information content (AvgIpc) is 3.21. The monoisotopic (exact) mass is 398 g/mol. The number of ether oxygens (including phenoxy) is 1. The maximum absolute atomic E-state index is 12.5. The first-order valence-electron chi connectivity index (χ1n) is 9.29. The van der Waals surface area contributed by atoms with E-state index in [1.807, 2.05) is 13.8 Å². The van der Waals surface area contributed by atoms with Crippen LogP contribution in [0.5, 0.6) is 0 Å². The molecule has 0 bridgehead atoms. The molecular weight excluding hydrogens is 376 g/mol. The number of nitrogens with zero attached hydrogens (tertiary/aromatic N) is 3. The predicted octanol–water partition coefficient (Wildman–Crippen LogP) is 3.02. The molecule has 4 heterocycles. The Hall–Kier alpha value is -2.63. The third-order valence-electron chi connectivity index (χ3n) is 5.35. The Balaban J connectivity index is 1.59. The lowest BCUT2D eigenvalue weighted by Gasteiger charge is -2.39. The Kier molecular flexibility index (Phi) is 4.73. The number of aromatic nitrogens is 1. The number of furan rings is 1. The van der Waals surface area contributed by atoms with E-state index in [1.54, 1.807) is 17.0 Å². The number of hydrogen-bond acceptors (Lipinski definition) is 6. The van der Waals surface area contributed by atoms with Crippen LogP contribution in [0.2, 0.25) is 0 Å². The van der Waals surface area contributed by atoms with Crippen LogP contribution >= 0.6 is 12.2 Å². The van der Waals surface area contributed by atoms with Crippen LogP contribution in [0.1, 0.15) is 41.1 Å². The van der Waals surface area contributed by atoms with Gasteiger partial charge in [0.2, 0.25) is 0 Å². The molecule has 2 aliphatic heterocycles. The molecule has 2 aromatic heterocycles. The summed E-state index contributed by atoms with van der Waals surface area (Å²) in [4.78, 5) is 19.7. The molecular formula is C20H22N4O3S. The standard InChI is InChI=1S/C20H22N4O3S/c1-20(2)10-13-14(11-21)18(28)22-17(15(13)12-27-20)23-5-7-24(8-6-23)19(25)16-4-3-9-26-16/h3-4,9H,5-8,10,12H2,1-2H3,(H,22,28). The second-order valence-corrected chi connectivity index (χ2v) is 8.14. The van der Waals surface area contributed by atoms with Crippen molar-refractivity contribution in [2.75, 3.05) is 31.1 Å². The van der Waals surface area contributed by atoms with Crippen molar-refractivity contribution in [3.05, 3.63) is 45.5 Å². The molecule has 28 heavy (non-hydrogen) atoms. The summed E-state index contributed by atoms with van der Waals surface area (Å²) < 4.78 is 11.7. The van der Waals surface area contributed by atoms with Gasteiger partial charge in [0.15, 0.2) is 5.76 Å². The summed E-state index contributed by atoms with van der Waals surface area (Å²) in [5.74, 6) is 1.17. The van der Waals surface area contributed by atoms with E-state index in [9.17, 15) is 10.1 Å².